The Bertz CT molecular complexity index is 148. The molecular formula is C3H2N2OS. The second-order valence-electron chi connectivity index (χ2n) is 0.950. The van der Waals surface area contributed by atoms with E-state index in [4.69, 9.17) is 0 Å². The molecule has 0 aromatic carbocycles. The molecule has 1 aromatic heterocycles. The summed E-state index contributed by atoms with van der Waals surface area (Å²) in [7, 11) is 0. The Morgan fingerprint density at radius 2 is 2.71 bits per heavy atom. The molecule has 0 saturated heterocycles. The van der Waals surface area contributed by atoms with Gasteiger partial charge in [0.1, 0.15) is 5.69 Å². The summed E-state index contributed by atoms with van der Waals surface area (Å²) in [6, 6.07) is 0. The van der Waals surface area contributed by atoms with Gasteiger partial charge in [0.05, 0.1) is 17.9 Å². The molecule has 0 radical (unpaired) electrons. The number of aldehydes is 1. The van der Waals surface area contributed by atoms with E-state index in [1.54, 1.807) is 0 Å². The lowest BCUT2D eigenvalue weighted by Crippen LogP contribution is -1.71. The zero-order valence-corrected chi connectivity index (χ0v) is 4.18. The van der Waals surface area contributed by atoms with Crippen molar-refractivity contribution in [3.63, 3.8) is 0 Å². The van der Waals surface area contributed by atoms with E-state index in [0.29, 0.717) is 12.0 Å². The van der Waals surface area contributed by atoms with Gasteiger partial charge in [-0.25, -0.2) is 0 Å². The van der Waals surface area contributed by atoms with Gasteiger partial charge in [-0.15, -0.1) is 0 Å². The maximum Gasteiger partial charge on any atom is 0.171 e. The van der Waals surface area contributed by atoms with Crippen LogP contribution in [0.3, 0.4) is 0 Å². The standard InChI is InChI=1S/C3H2N2OS/c6-2-3-1-4-7-5-3/h1-2H. The number of aromatic nitrogens is 2. The SMILES string of the molecule is O=Cc1cnsn1. The molecule has 1 heterocycles. The van der Waals surface area contributed by atoms with Gasteiger partial charge in [0.2, 0.25) is 0 Å². The molecule has 0 saturated carbocycles. The average molecular weight is 114 g/mol. The van der Waals surface area contributed by atoms with Gasteiger partial charge in [-0.3, -0.25) is 4.79 Å². The fourth-order valence-corrected chi connectivity index (χ4v) is 0.611. The number of rotatable bonds is 1. The molecule has 0 bridgehead atoms. The molecule has 0 amide bonds. The Kier molecular flexibility index (Phi) is 1.12. The maximum absolute atomic E-state index is 9.77. The van der Waals surface area contributed by atoms with Crippen LogP contribution in [-0.4, -0.2) is 15.0 Å². The number of hydrogen-bond acceptors (Lipinski definition) is 4. The van der Waals surface area contributed by atoms with Crippen molar-refractivity contribution in [2.24, 2.45) is 0 Å². The number of carbonyl (C=O) groups excluding carboxylic acids is 1. The van der Waals surface area contributed by atoms with E-state index in [0.717, 1.165) is 11.7 Å². The van der Waals surface area contributed by atoms with Crippen molar-refractivity contribution in [1.29, 1.82) is 0 Å². The van der Waals surface area contributed by atoms with E-state index in [1.807, 2.05) is 0 Å². The van der Waals surface area contributed by atoms with Gasteiger partial charge in [0.25, 0.3) is 0 Å². The first-order chi connectivity index (χ1) is 3.43. The van der Waals surface area contributed by atoms with Crippen molar-refractivity contribution in [3.05, 3.63) is 11.9 Å². The molecule has 3 nitrogen and oxygen atoms in total. The maximum atomic E-state index is 9.77. The Labute approximate surface area is 44.3 Å². The van der Waals surface area contributed by atoms with Gasteiger partial charge >= 0.3 is 0 Å². The van der Waals surface area contributed by atoms with Gasteiger partial charge in [-0.05, 0) is 0 Å². The monoisotopic (exact) mass is 114 g/mol. The third-order valence-corrected chi connectivity index (χ3v) is 0.991. The topological polar surface area (TPSA) is 42.9 Å². The van der Waals surface area contributed by atoms with Gasteiger partial charge in [0, 0.05) is 0 Å². The summed E-state index contributed by atoms with van der Waals surface area (Å²) in [6.45, 7) is 0. The molecule has 7 heavy (non-hydrogen) atoms. The Hall–Kier alpha value is -0.770. The minimum Gasteiger partial charge on any atom is -0.296 e. The molecule has 36 valence electrons. The lowest BCUT2D eigenvalue weighted by Gasteiger charge is -1.62. The highest BCUT2D eigenvalue weighted by Crippen LogP contribution is 1.87. The van der Waals surface area contributed by atoms with Crippen LogP contribution in [0.2, 0.25) is 0 Å². The van der Waals surface area contributed by atoms with Crippen LogP contribution in [0.5, 0.6) is 0 Å². The van der Waals surface area contributed by atoms with E-state index >= 15 is 0 Å². The minimum absolute atomic E-state index is 0.407. The molecule has 4 heteroatoms. The fraction of sp³-hybridized carbons (Fsp3) is 0. The average Bonchev–Trinajstić information content (AvgIpc) is 2.14. The first-order valence-corrected chi connectivity index (χ1v) is 2.39. The summed E-state index contributed by atoms with van der Waals surface area (Å²) in [5.74, 6) is 0. The molecule has 0 fully saturated rings. The minimum atomic E-state index is 0.407. The molecule has 0 aliphatic rings. The highest BCUT2D eigenvalue weighted by Gasteiger charge is 1.86. The third kappa shape index (κ3) is 0.806. The predicted octanol–water partition coefficient (Wildman–Crippen LogP) is 0.351. The van der Waals surface area contributed by atoms with E-state index in [9.17, 15) is 4.79 Å². The number of nitrogens with zero attached hydrogens (tertiary/aromatic N) is 2. The Balaban J connectivity index is 2.96. The molecule has 0 spiro atoms. The molecule has 0 aliphatic heterocycles. The molecule has 0 aliphatic carbocycles. The summed E-state index contributed by atoms with van der Waals surface area (Å²) in [5, 5.41) is 0. The molecule has 0 atom stereocenters. The van der Waals surface area contributed by atoms with Crippen LogP contribution in [0.15, 0.2) is 6.20 Å². The molecule has 0 unspecified atom stereocenters. The second kappa shape index (κ2) is 1.79. The van der Waals surface area contributed by atoms with Gasteiger partial charge in [-0.2, -0.15) is 8.75 Å². The van der Waals surface area contributed by atoms with Crippen LogP contribution in [-0.2, 0) is 0 Å². The van der Waals surface area contributed by atoms with Crippen molar-refractivity contribution < 1.29 is 4.79 Å². The van der Waals surface area contributed by atoms with Gasteiger partial charge in [-0.1, -0.05) is 0 Å². The number of hydrogen-bond donors (Lipinski definition) is 0. The second-order valence-corrected chi connectivity index (χ2v) is 1.51. The van der Waals surface area contributed by atoms with Crippen molar-refractivity contribution in [1.82, 2.24) is 8.75 Å². The van der Waals surface area contributed by atoms with Crippen molar-refractivity contribution >= 4 is 18.0 Å². The van der Waals surface area contributed by atoms with Gasteiger partial charge < -0.3 is 0 Å². The summed E-state index contributed by atoms with van der Waals surface area (Å²) < 4.78 is 7.19. The first kappa shape index (κ1) is 4.39. The summed E-state index contributed by atoms with van der Waals surface area (Å²) in [6.07, 6.45) is 2.10. The van der Waals surface area contributed by atoms with Crippen LogP contribution >= 0.6 is 11.7 Å². The highest BCUT2D eigenvalue weighted by molar-refractivity contribution is 6.99. The highest BCUT2D eigenvalue weighted by atomic mass is 32.1. The summed E-state index contributed by atoms with van der Waals surface area (Å²) >= 11 is 1.03. The van der Waals surface area contributed by atoms with Crippen LogP contribution < -0.4 is 0 Å². The largest absolute Gasteiger partial charge is 0.296 e. The molecule has 1 aromatic rings. The summed E-state index contributed by atoms with van der Waals surface area (Å²) in [4.78, 5) is 9.77. The Morgan fingerprint density at radius 3 is 3.00 bits per heavy atom. The molecule has 1 rings (SSSR count). The van der Waals surface area contributed by atoms with E-state index in [1.165, 1.54) is 6.20 Å². The smallest absolute Gasteiger partial charge is 0.171 e. The summed E-state index contributed by atoms with van der Waals surface area (Å²) in [5.41, 5.74) is 0.407. The zero-order valence-electron chi connectivity index (χ0n) is 3.37. The van der Waals surface area contributed by atoms with E-state index in [-0.39, 0.29) is 0 Å². The molecule has 0 N–H and O–H groups in total. The van der Waals surface area contributed by atoms with Crippen molar-refractivity contribution in [3.8, 4) is 0 Å². The van der Waals surface area contributed by atoms with Crippen LogP contribution in [0, 0.1) is 0 Å². The quantitative estimate of drug-likeness (QED) is 0.495. The van der Waals surface area contributed by atoms with Crippen LogP contribution in [0.25, 0.3) is 0 Å². The number of carbonyl (C=O) groups is 1. The van der Waals surface area contributed by atoms with Crippen LogP contribution in [0.1, 0.15) is 10.5 Å². The molecular weight excluding hydrogens is 112 g/mol. The lowest BCUT2D eigenvalue weighted by atomic mass is 10.6. The fourth-order valence-electron chi connectivity index (χ4n) is 0.224. The van der Waals surface area contributed by atoms with Crippen molar-refractivity contribution in [2.75, 3.05) is 0 Å². The zero-order chi connectivity index (χ0) is 5.11. The predicted molar refractivity (Wildman–Crippen MR) is 25.3 cm³/mol. The first-order valence-electron chi connectivity index (χ1n) is 1.66. The van der Waals surface area contributed by atoms with E-state index < -0.39 is 0 Å². The third-order valence-electron chi connectivity index (χ3n) is 0.499. The van der Waals surface area contributed by atoms with E-state index in [2.05, 4.69) is 8.75 Å². The Morgan fingerprint density at radius 1 is 1.86 bits per heavy atom. The lowest BCUT2D eigenvalue weighted by molar-refractivity contribution is 0.112. The normalized spacial score (nSPS) is 8.57. The van der Waals surface area contributed by atoms with Crippen molar-refractivity contribution in [2.45, 2.75) is 0 Å². The van der Waals surface area contributed by atoms with Gasteiger partial charge in [0.15, 0.2) is 6.29 Å². The van der Waals surface area contributed by atoms with Crippen LogP contribution in [0.4, 0.5) is 0 Å².